The number of aromatic nitrogens is 2. The van der Waals surface area contributed by atoms with Gasteiger partial charge in [-0.15, -0.1) is 0 Å². The zero-order chi connectivity index (χ0) is 15.1. The lowest BCUT2D eigenvalue weighted by Crippen LogP contribution is -2.34. The van der Waals surface area contributed by atoms with E-state index in [0.717, 1.165) is 0 Å². The van der Waals surface area contributed by atoms with Gasteiger partial charge in [-0.2, -0.15) is 0 Å². The number of hydrogen-bond donors (Lipinski definition) is 0. The van der Waals surface area contributed by atoms with E-state index < -0.39 is 24.3 Å². The maximum absolute atomic E-state index is 12.1. The minimum Gasteiger partial charge on any atom is -0.462 e. The van der Waals surface area contributed by atoms with Crippen LogP contribution in [-0.2, 0) is 30.8 Å². The van der Waals surface area contributed by atoms with Crippen molar-refractivity contribution in [2.75, 3.05) is 13.2 Å². The normalized spacial score (nSPS) is 13.6. The van der Waals surface area contributed by atoms with Crippen LogP contribution in [0.2, 0.25) is 0 Å². The van der Waals surface area contributed by atoms with E-state index in [1.807, 2.05) is 0 Å². The molecule has 0 aliphatic rings. The number of nitrogens with zero attached hydrogens (tertiary/aromatic N) is 2. The largest absolute Gasteiger partial charge is 0.462 e. The lowest BCUT2D eigenvalue weighted by atomic mass is 10.3. The van der Waals surface area contributed by atoms with Gasteiger partial charge in [0.25, 0.3) is 6.04 Å². The van der Waals surface area contributed by atoms with Crippen LogP contribution in [0.15, 0.2) is 18.7 Å². The van der Waals surface area contributed by atoms with Crippen molar-refractivity contribution < 1.29 is 28.4 Å². The van der Waals surface area contributed by atoms with E-state index in [2.05, 4.69) is 0 Å². The Hall–Kier alpha value is -1.89. The first kappa shape index (κ1) is 16.2. The van der Waals surface area contributed by atoms with E-state index in [4.69, 9.17) is 14.2 Å². The fraction of sp³-hybridized carbons (Fsp3) is 0.615. The summed E-state index contributed by atoms with van der Waals surface area (Å²) in [6.45, 7) is 5.67. The number of esters is 2. The highest BCUT2D eigenvalue weighted by molar-refractivity contribution is 5.97. The Labute approximate surface area is 118 Å². The molecule has 1 heterocycles. The van der Waals surface area contributed by atoms with Gasteiger partial charge in [0.05, 0.1) is 13.7 Å². The van der Waals surface area contributed by atoms with Gasteiger partial charge in [0.1, 0.15) is 12.4 Å². The first-order valence-corrected chi connectivity index (χ1v) is 6.51. The Bertz CT molecular complexity index is 457. The standard InChI is InChI=1S/C13H21N2O5/c1-5-18-10(3)20-13(17)11(12(16)19-6-2)15-8-7-14(4)9-15/h7-11H,5-6H2,1-4H3/q+1. The molecule has 2 unspecified atom stereocenters. The quantitative estimate of drug-likeness (QED) is 0.313. The zero-order valence-corrected chi connectivity index (χ0v) is 12.2. The minimum absolute atomic E-state index is 0.191. The molecule has 0 saturated carbocycles. The summed E-state index contributed by atoms with van der Waals surface area (Å²) in [6.07, 6.45) is 4.21. The van der Waals surface area contributed by atoms with Crippen molar-refractivity contribution in [3.63, 3.8) is 0 Å². The summed E-state index contributed by atoms with van der Waals surface area (Å²) < 4.78 is 18.3. The number of ether oxygens (including phenoxy) is 3. The van der Waals surface area contributed by atoms with Crippen molar-refractivity contribution in [2.24, 2.45) is 7.05 Å². The lowest BCUT2D eigenvalue weighted by Gasteiger charge is -2.16. The number of aryl methyl sites for hydroxylation is 1. The van der Waals surface area contributed by atoms with Gasteiger partial charge >= 0.3 is 11.9 Å². The average molecular weight is 285 g/mol. The van der Waals surface area contributed by atoms with E-state index in [0.29, 0.717) is 6.61 Å². The molecule has 0 aliphatic carbocycles. The van der Waals surface area contributed by atoms with Gasteiger partial charge in [0.15, 0.2) is 6.29 Å². The van der Waals surface area contributed by atoms with Crippen LogP contribution < -0.4 is 4.57 Å². The monoisotopic (exact) mass is 285 g/mol. The molecule has 0 amide bonds. The van der Waals surface area contributed by atoms with Gasteiger partial charge in [-0.25, -0.2) is 18.7 Å². The van der Waals surface area contributed by atoms with Crippen LogP contribution in [0, 0.1) is 0 Å². The number of imidazole rings is 1. The summed E-state index contributed by atoms with van der Waals surface area (Å²) >= 11 is 0. The molecular weight excluding hydrogens is 264 g/mol. The predicted molar refractivity (Wildman–Crippen MR) is 68.5 cm³/mol. The lowest BCUT2D eigenvalue weighted by molar-refractivity contribution is -0.671. The maximum atomic E-state index is 12.1. The van der Waals surface area contributed by atoms with E-state index >= 15 is 0 Å². The molecule has 1 aromatic rings. The Morgan fingerprint density at radius 1 is 1.25 bits per heavy atom. The second kappa shape index (κ2) is 7.64. The van der Waals surface area contributed by atoms with Crippen LogP contribution in [-0.4, -0.2) is 36.0 Å². The zero-order valence-electron chi connectivity index (χ0n) is 12.2. The smallest absolute Gasteiger partial charge is 0.366 e. The third-order valence-electron chi connectivity index (χ3n) is 2.50. The Morgan fingerprint density at radius 3 is 2.45 bits per heavy atom. The summed E-state index contributed by atoms with van der Waals surface area (Å²) in [6, 6.07) is -1.17. The highest BCUT2D eigenvalue weighted by Crippen LogP contribution is 2.12. The van der Waals surface area contributed by atoms with Crippen LogP contribution in [0.25, 0.3) is 0 Å². The van der Waals surface area contributed by atoms with Gasteiger partial charge in [0, 0.05) is 6.61 Å². The molecule has 0 bridgehead atoms. The van der Waals surface area contributed by atoms with Crippen molar-refractivity contribution in [1.82, 2.24) is 4.57 Å². The summed E-state index contributed by atoms with van der Waals surface area (Å²) in [7, 11) is 1.78. The molecule has 0 spiro atoms. The van der Waals surface area contributed by atoms with Crippen molar-refractivity contribution in [2.45, 2.75) is 33.1 Å². The second-order valence-electron chi connectivity index (χ2n) is 4.14. The molecule has 0 aromatic carbocycles. The molecule has 0 fully saturated rings. The second-order valence-corrected chi connectivity index (χ2v) is 4.14. The topological polar surface area (TPSA) is 70.6 Å². The molecule has 0 saturated heterocycles. The summed E-state index contributed by atoms with van der Waals surface area (Å²) in [5, 5.41) is 0. The highest BCUT2D eigenvalue weighted by atomic mass is 16.7. The number of carbonyl (C=O) groups excluding carboxylic acids is 2. The molecule has 2 atom stereocenters. The van der Waals surface area contributed by atoms with Crippen LogP contribution in [0.1, 0.15) is 26.8 Å². The van der Waals surface area contributed by atoms with Crippen LogP contribution in [0.5, 0.6) is 0 Å². The van der Waals surface area contributed by atoms with Crippen LogP contribution in [0.3, 0.4) is 0 Å². The van der Waals surface area contributed by atoms with Gasteiger partial charge in [0.2, 0.25) is 6.33 Å². The van der Waals surface area contributed by atoms with E-state index in [1.54, 1.807) is 51.1 Å². The van der Waals surface area contributed by atoms with Gasteiger partial charge in [-0.05, 0) is 20.8 Å². The van der Waals surface area contributed by atoms with Crippen molar-refractivity contribution in [3.05, 3.63) is 18.7 Å². The fourth-order valence-electron chi connectivity index (χ4n) is 1.68. The number of rotatable bonds is 7. The molecule has 0 radical (unpaired) electrons. The molecular formula is C13H21N2O5+. The predicted octanol–water partition coefficient (Wildman–Crippen LogP) is 0.343. The SMILES string of the molecule is CCOC(=O)C(C(=O)OC(C)OCC)n1cc[n+](C)c1. The molecule has 20 heavy (non-hydrogen) atoms. The van der Waals surface area contributed by atoms with E-state index in [-0.39, 0.29) is 6.61 Å². The van der Waals surface area contributed by atoms with Crippen molar-refractivity contribution >= 4 is 11.9 Å². The third kappa shape index (κ3) is 4.34. The molecule has 1 rings (SSSR count). The Morgan fingerprint density at radius 2 is 1.95 bits per heavy atom. The van der Waals surface area contributed by atoms with Gasteiger partial charge < -0.3 is 14.2 Å². The van der Waals surface area contributed by atoms with Crippen LogP contribution >= 0.6 is 0 Å². The molecule has 0 N–H and O–H groups in total. The van der Waals surface area contributed by atoms with Gasteiger partial charge in [-0.1, -0.05) is 0 Å². The molecule has 7 heteroatoms. The Balaban J connectivity index is 2.87. The van der Waals surface area contributed by atoms with E-state index in [9.17, 15) is 9.59 Å². The summed E-state index contributed by atoms with van der Waals surface area (Å²) in [5.74, 6) is -1.36. The molecule has 0 aliphatic heterocycles. The average Bonchev–Trinajstić information content (AvgIpc) is 2.76. The number of carbonyl (C=O) groups is 2. The highest BCUT2D eigenvalue weighted by Gasteiger charge is 2.37. The van der Waals surface area contributed by atoms with Gasteiger partial charge in [-0.3, -0.25) is 0 Å². The fourth-order valence-corrected chi connectivity index (χ4v) is 1.68. The molecule has 112 valence electrons. The maximum Gasteiger partial charge on any atom is 0.366 e. The summed E-state index contributed by atoms with van der Waals surface area (Å²) in [5.41, 5.74) is 0. The summed E-state index contributed by atoms with van der Waals surface area (Å²) in [4.78, 5) is 24.1. The first-order valence-electron chi connectivity index (χ1n) is 6.51. The molecule has 1 aromatic heterocycles. The first-order chi connectivity index (χ1) is 9.49. The third-order valence-corrected chi connectivity index (χ3v) is 2.50. The minimum atomic E-state index is -1.17. The number of hydrogen-bond acceptors (Lipinski definition) is 5. The van der Waals surface area contributed by atoms with Crippen molar-refractivity contribution in [1.29, 1.82) is 0 Å². The van der Waals surface area contributed by atoms with Crippen LogP contribution in [0.4, 0.5) is 0 Å². The Kier molecular flexibility index (Phi) is 6.17. The van der Waals surface area contributed by atoms with Crippen molar-refractivity contribution in [3.8, 4) is 0 Å². The van der Waals surface area contributed by atoms with E-state index in [1.165, 1.54) is 4.57 Å². The molecule has 7 nitrogen and oxygen atoms in total.